The minimum absolute atomic E-state index is 0.00653. The van der Waals surface area contributed by atoms with Crippen molar-refractivity contribution in [2.24, 2.45) is 0 Å². The fourth-order valence-corrected chi connectivity index (χ4v) is 1.39. The van der Waals surface area contributed by atoms with Crippen molar-refractivity contribution < 1.29 is 9.59 Å². The zero-order valence-electron chi connectivity index (χ0n) is 9.31. The third kappa shape index (κ3) is 7.33. The Morgan fingerprint density at radius 3 is 2.47 bits per heavy atom. The molecule has 15 heavy (non-hydrogen) atoms. The van der Waals surface area contributed by atoms with Crippen LogP contribution in [0.25, 0.3) is 0 Å². The van der Waals surface area contributed by atoms with E-state index in [1.54, 1.807) is 14.0 Å². The molecule has 1 atom stereocenters. The molecule has 88 valence electrons. The van der Waals surface area contributed by atoms with Gasteiger partial charge in [0.2, 0.25) is 5.91 Å². The van der Waals surface area contributed by atoms with E-state index in [0.29, 0.717) is 6.54 Å². The number of hydrogen-bond donors (Lipinski definition) is 2. The molecule has 0 fully saturated rings. The van der Waals surface area contributed by atoms with Crippen LogP contribution in [0.4, 0.5) is 0 Å². The number of likely N-dealkylation sites (N-methyl/N-ethyl adjacent to an activating group) is 1. The lowest BCUT2D eigenvalue weighted by Crippen LogP contribution is -2.32. The maximum absolute atomic E-state index is 11.0. The average Bonchev–Trinajstić information content (AvgIpc) is 2.22. The summed E-state index contributed by atoms with van der Waals surface area (Å²) >= 11 is 5.31. The van der Waals surface area contributed by atoms with E-state index in [1.807, 2.05) is 0 Å². The average molecular weight is 235 g/mol. The van der Waals surface area contributed by atoms with Crippen molar-refractivity contribution in [3.8, 4) is 0 Å². The molecule has 0 aromatic rings. The number of nitrogens with one attached hydrogen (secondary N) is 2. The number of halogens is 1. The molecule has 1 amide bonds. The predicted octanol–water partition coefficient (Wildman–Crippen LogP) is 0.689. The second-order valence-electron chi connectivity index (χ2n) is 3.43. The Balaban J connectivity index is 3.45. The molecule has 0 radical (unpaired) electrons. The molecule has 0 rings (SSSR count). The van der Waals surface area contributed by atoms with Gasteiger partial charge in [0.1, 0.15) is 11.7 Å². The van der Waals surface area contributed by atoms with E-state index in [-0.39, 0.29) is 23.6 Å². The fraction of sp³-hybridized carbons (Fsp3) is 0.800. The van der Waals surface area contributed by atoms with Gasteiger partial charge in [0.15, 0.2) is 0 Å². The van der Waals surface area contributed by atoms with Crippen LogP contribution < -0.4 is 10.6 Å². The maximum atomic E-state index is 11.0. The van der Waals surface area contributed by atoms with Crippen LogP contribution in [0.2, 0.25) is 0 Å². The van der Waals surface area contributed by atoms with E-state index in [9.17, 15) is 9.59 Å². The van der Waals surface area contributed by atoms with Crippen LogP contribution in [0.5, 0.6) is 0 Å². The Hall–Kier alpha value is -0.610. The lowest BCUT2D eigenvalue weighted by Gasteiger charge is -2.12. The third-order valence-corrected chi connectivity index (χ3v) is 2.45. The van der Waals surface area contributed by atoms with Crippen molar-refractivity contribution >= 4 is 23.3 Å². The highest BCUT2D eigenvalue weighted by Gasteiger charge is 2.10. The van der Waals surface area contributed by atoms with Crippen molar-refractivity contribution in [3.63, 3.8) is 0 Å². The lowest BCUT2D eigenvalue weighted by molar-refractivity contribution is -0.119. The number of rotatable bonds is 8. The van der Waals surface area contributed by atoms with Crippen LogP contribution >= 0.6 is 11.6 Å². The van der Waals surface area contributed by atoms with Crippen molar-refractivity contribution in [1.82, 2.24) is 10.6 Å². The topological polar surface area (TPSA) is 58.2 Å². The van der Waals surface area contributed by atoms with E-state index in [2.05, 4.69) is 10.6 Å². The molecular weight excluding hydrogens is 216 g/mol. The predicted molar refractivity (Wildman–Crippen MR) is 61.1 cm³/mol. The van der Waals surface area contributed by atoms with Crippen LogP contribution in [0.15, 0.2) is 0 Å². The molecule has 0 spiro atoms. The smallest absolute Gasteiger partial charge is 0.234 e. The van der Waals surface area contributed by atoms with E-state index in [0.717, 1.165) is 19.3 Å². The monoisotopic (exact) mass is 234 g/mol. The molecule has 0 aliphatic carbocycles. The van der Waals surface area contributed by atoms with Crippen LogP contribution in [-0.2, 0) is 9.59 Å². The highest BCUT2D eigenvalue weighted by molar-refractivity contribution is 6.27. The Morgan fingerprint density at radius 2 is 2.00 bits per heavy atom. The van der Waals surface area contributed by atoms with Gasteiger partial charge in [-0.2, -0.15) is 0 Å². The molecule has 0 aliphatic heterocycles. The largest absolute Gasteiger partial charge is 0.355 e. The summed E-state index contributed by atoms with van der Waals surface area (Å²) in [6, 6.07) is -0.0614. The zero-order valence-corrected chi connectivity index (χ0v) is 10.1. The van der Waals surface area contributed by atoms with Crippen LogP contribution in [-0.4, -0.2) is 37.2 Å². The van der Waals surface area contributed by atoms with E-state index >= 15 is 0 Å². The molecule has 0 bridgehead atoms. The second kappa shape index (κ2) is 8.68. The quantitative estimate of drug-likeness (QED) is 0.480. The molecule has 0 saturated heterocycles. The van der Waals surface area contributed by atoms with Crippen molar-refractivity contribution in [2.45, 2.75) is 32.2 Å². The number of amides is 1. The summed E-state index contributed by atoms with van der Waals surface area (Å²) in [5, 5.41) is 5.63. The minimum atomic E-state index is -0.145. The Labute approximate surface area is 95.7 Å². The zero-order chi connectivity index (χ0) is 11.7. The highest BCUT2D eigenvalue weighted by Crippen LogP contribution is 2.00. The van der Waals surface area contributed by atoms with Gasteiger partial charge in [-0.05, 0) is 33.2 Å². The highest BCUT2D eigenvalue weighted by atomic mass is 35.5. The molecule has 2 N–H and O–H groups in total. The van der Waals surface area contributed by atoms with Crippen LogP contribution in [0.1, 0.15) is 26.2 Å². The summed E-state index contributed by atoms with van der Waals surface area (Å²) in [6.07, 6.45) is 2.59. The number of Topliss-reactive ketones (excluding diaryl/α,β-unsaturated/α-hetero) is 1. The number of alkyl halides is 1. The molecule has 0 aromatic heterocycles. The summed E-state index contributed by atoms with van der Waals surface area (Å²) in [6.45, 7) is 2.20. The van der Waals surface area contributed by atoms with E-state index in [1.165, 1.54) is 0 Å². The summed E-state index contributed by atoms with van der Waals surface area (Å²) < 4.78 is 0. The molecule has 5 heteroatoms. The van der Waals surface area contributed by atoms with Gasteiger partial charge >= 0.3 is 0 Å². The van der Waals surface area contributed by atoms with Crippen LogP contribution in [0, 0.1) is 0 Å². The van der Waals surface area contributed by atoms with Gasteiger partial charge < -0.3 is 10.6 Å². The summed E-state index contributed by atoms with van der Waals surface area (Å²) in [5.41, 5.74) is 0. The first-order valence-electron chi connectivity index (χ1n) is 5.12. The molecule has 0 aromatic carbocycles. The number of ketones is 1. The Bertz CT molecular complexity index is 210. The standard InChI is InChI=1S/C10H19ClN2O2/c1-8(14)9(12-2)5-3-4-6-13-10(15)7-11/h9,12H,3-7H2,1-2H3,(H,13,15)/t9-/m0/s1. The normalized spacial score (nSPS) is 12.2. The molecule has 0 saturated carbocycles. The Kier molecular flexibility index (Phi) is 8.33. The molecular formula is C10H19ClN2O2. The Morgan fingerprint density at radius 1 is 1.33 bits per heavy atom. The van der Waals surface area contributed by atoms with E-state index in [4.69, 9.17) is 11.6 Å². The molecule has 0 unspecified atom stereocenters. The van der Waals surface area contributed by atoms with Gasteiger partial charge in [-0.3, -0.25) is 9.59 Å². The first kappa shape index (κ1) is 14.4. The summed E-state index contributed by atoms with van der Waals surface area (Å²) in [7, 11) is 1.78. The van der Waals surface area contributed by atoms with Gasteiger partial charge in [0.25, 0.3) is 0 Å². The summed E-state index contributed by atoms with van der Waals surface area (Å²) in [4.78, 5) is 21.8. The second-order valence-corrected chi connectivity index (χ2v) is 3.70. The number of carbonyl (C=O) groups is 2. The van der Waals surface area contributed by atoms with Crippen molar-refractivity contribution in [1.29, 1.82) is 0 Å². The molecule has 0 aliphatic rings. The maximum Gasteiger partial charge on any atom is 0.234 e. The number of unbranched alkanes of at least 4 members (excludes halogenated alkanes) is 1. The first-order chi connectivity index (χ1) is 7.11. The summed E-state index contributed by atoms with van der Waals surface area (Å²) in [5.74, 6) is 0.0164. The number of carbonyl (C=O) groups excluding carboxylic acids is 2. The van der Waals surface area contributed by atoms with Crippen LogP contribution in [0.3, 0.4) is 0 Å². The molecule has 4 nitrogen and oxygen atoms in total. The van der Waals surface area contributed by atoms with E-state index < -0.39 is 0 Å². The van der Waals surface area contributed by atoms with Gasteiger partial charge in [-0.25, -0.2) is 0 Å². The van der Waals surface area contributed by atoms with Gasteiger partial charge in [0.05, 0.1) is 6.04 Å². The number of hydrogen-bond acceptors (Lipinski definition) is 3. The minimum Gasteiger partial charge on any atom is -0.355 e. The molecule has 0 heterocycles. The van der Waals surface area contributed by atoms with Crippen molar-refractivity contribution in [2.75, 3.05) is 19.5 Å². The SMILES string of the molecule is CN[C@@H](CCCCNC(=O)CCl)C(C)=O. The fourth-order valence-electron chi connectivity index (χ4n) is 1.30. The first-order valence-corrected chi connectivity index (χ1v) is 5.65. The third-order valence-electron chi connectivity index (χ3n) is 2.20. The van der Waals surface area contributed by atoms with Gasteiger partial charge in [0, 0.05) is 6.54 Å². The van der Waals surface area contributed by atoms with Gasteiger partial charge in [-0.1, -0.05) is 0 Å². The van der Waals surface area contributed by atoms with Crippen molar-refractivity contribution in [3.05, 3.63) is 0 Å². The lowest BCUT2D eigenvalue weighted by atomic mass is 10.1. The van der Waals surface area contributed by atoms with Gasteiger partial charge in [-0.15, -0.1) is 11.6 Å².